The predicted molar refractivity (Wildman–Crippen MR) is 105 cm³/mol. The van der Waals surface area contributed by atoms with Crippen molar-refractivity contribution in [2.75, 3.05) is 18.8 Å². The highest BCUT2D eigenvalue weighted by Crippen LogP contribution is 2.40. The number of hydrogen-bond acceptors (Lipinski definition) is 6. The minimum absolute atomic E-state index is 0.0465. The fourth-order valence-electron chi connectivity index (χ4n) is 3.88. The van der Waals surface area contributed by atoms with Crippen LogP contribution < -0.4 is 5.32 Å². The van der Waals surface area contributed by atoms with Gasteiger partial charge in [0.25, 0.3) is 0 Å². The summed E-state index contributed by atoms with van der Waals surface area (Å²) in [5.74, 6) is -1.56. The lowest BCUT2D eigenvalue weighted by Gasteiger charge is -2.18. The number of aliphatic carboxylic acids is 2. The minimum atomic E-state index is -1.28. The van der Waals surface area contributed by atoms with Gasteiger partial charge < -0.3 is 20.4 Å². The van der Waals surface area contributed by atoms with E-state index in [9.17, 15) is 24.0 Å². The lowest BCUT2D eigenvalue weighted by atomic mass is 9.94. The Kier molecular flexibility index (Phi) is 8.94. The molecule has 3 N–H and O–H groups in total. The number of rotatable bonds is 13. The fraction of sp³-hybridized carbons (Fsp3) is 0.737. The zero-order valence-corrected chi connectivity index (χ0v) is 17.1. The smallest absolute Gasteiger partial charge is 0.323 e. The number of carbonyl (C=O) groups is 5. The number of nitrogens with zero attached hydrogens (tertiary/aromatic N) is 1. The number of carboxylic acids is 2. The molecule has 2 fully saturated rings. The van der Waals surface area contributed by atoms with Gasteiger partial charge in [-0.05, 0) is 19.3 Å². The number of carbonyl (C=O) groups excluding carboxylic acids is 3. The molecule has 0 aliphatic carbocycles. The molecule has 3 atom stereocenters. The molecule has 9 nitrogen and oxygen atoms in total. The molecule has 0 bridgehead atoms. The highest BCUT2D eigenvalue weighted by molar-refractivity contribution is 8.00. The van der Waals surface area contributed by atoms with Crippen molar-refractivity contribution in [3.8, 4) is 0 Å². The summed E-state index contributed by atoms with van der Waals surface area (Å²) in [6, 6.07) is 0.304. The van der Waals surface area contributed by atoms with E-state index in [1.165, 1.54) is 0 Å². The number of ketones is 1. The van der Waals surface area contributed by atoms with Gasteiger partial charge in [0.15, 0.2) is 0 Å². The highest BCUT2D eigenvalue weighted by Gasteiger charge is 2.42. The second kappa shape index (κ2) is 11.2. The van der Waals surface area contributed by atoms with Crippen molar-refractivity contribution in [3.05, 3.63) is 0 Å². The summed E-state index contributed by atoms with van der Waals surface area (Å²) in [5, 5.41) is 21.0. The van der Waals surface area contributed by atoms with Crippen LogP contribution in [0.3, 0.4) is 0 Å². The number of fused-ring (bicyclic) bond motifs is 1. The molecular weight excluding hydrogens is 400 g/mol. The Labute approximate surface area is 173 Å². The molecule has 0 radical (unpaired) electrons. The second-order valence-electron chi connectivity index (χ2n) is 7.59. The molecule has 2 aliphatic rings. The summed E-state index contributed by atoms with van der Waals surface area (Å²) in [6.07, 6.45) is 4.18. The minimum Gasteiger partial charge on any atom is -0.480 e. The molecule has 2 aliphatic heterocycles. The van der Waals surface area contributed by atoms with Crippen molar-refractivity contribution in [3.63, 3.8) is 0 Å². The average Bonchev–Trinajstić information content (AvgIpc) is 3.16. The van der Waals surface area contributed by atoms with Crippen LogP contribution in [0.1, 0.15) is 51.4 Å². The molecule has 3 unspecified atom stereocenters. The third-order valence-electron chi connectivity index (χ3n) is 5.30. The maximum atomic E-state index is 12.0. The second-order valence-corrected chi connectivity index (χ2v) is 8.86. The topological polar surface area (TPSA) is 141 Å². The van der Waals surface area contributed by atoms with Gasteiger partial charge in [0.1, 0.15) is 18.9 Å². The van der Waals surface area contributed by atoms with E-state index in [0.717, 1.165) is 29.9 Å². The fourth-order valence-corrected chi connectivity index (χ4v) is 5.53. The van der Waals surface area contributed by atoms with E-state index < -0.39 is 30.9 Å². The van der Waals surface area contributed by atoms with Crippen LogP contribution in [0.4, 0.5) is 0 Å². The first-order valence-electron chi connectivity index (χ1n) is 9.90. The first-order chi connectivity index (χ1) is 13.8. The maximum absolute atomic E-state index is 12.0. The van der Waals surface area contributed by atoms with Crippen LogP contribution in [0.2, 0.25) is 0 Å². The molecule has 29 heavy (non-hydrogen) atoms. The van der Waals surface area contributed by atoms with Crippen LogP contribution in [0.25, 0.3) is 0 Å². The van der Waals surface area contributed by atoms with Crippen LogP contribution in [-0.4, -0.2) is 74.8 Å². The Bertz CT molecular complexity index is 638. The first kappa shape index (κ1) is 23.2. The van der Waals surface area contributed by atoms with Crippen LogP contribution >= 0.6 is 11.8 Å². The van der Waals surface area contributed by atoms with Crippen molar-refractivity contribution in [2.45, 2.75) is 62.7 Å². The molecular formula is C19H28N2O7S. The van der Waals surface area contributed by atoms with Gasteiger partial charge in [0.05, 0.1) is 0 Å². The average molecular weight is 429 g/mol. The molecule has 0 aromatic rings. The molecule has 2 heterocycles. The Balaban J connectivity index is 1.58. The molecule has 2 saturated heterocycles. The lowest BCUT2D eigenvalue weighted by molar-refractivity contribution is -0.149. The summed E-state index contributed by atoms with van der Waals surface area (Å²) in [7, 11) is 0. The van der Waals surface area contributed by atoms with E-state index in [1.807, 2.05) is 11.8 Å². The van der Waals surface area contributed by atoms with Gasteiger partial charge in [0.2, 0.25) is 11.8 Å². The molecule has 2 rings (SSSR count). The molecule has 0 aromatic carbocycles. The predicted octanol–water partition coefficient (Wildman–Crippen LogP) is 0.904. The summed E-state index contributed by atoms with van der Waals surface area (Å²) in [5.41, 5.74) is 0. The summed E-state index contributed by atoms with van der Waals surface area (Å²) in [6.45, 7) is -1.33. The Morgan fingerprint density at radius 3 is 2.31 bits per heavy atom. The van der Waals surface area contributed by atoms with Crippen LogP contribution in [-0.2, 0) is 24.0 Å². The van der Waals surface area contributed by atoms with Gasteiger partial charge in [-0.3, -0.25) is 24.0 Å². The van der Waals surface area contributed by atoms with Crippen molar-refractivity contribution in [2.24, 2.45) is 5.92 Å². The number of amides is 2. The summed E-state index contributed by atoms with van der Waals surface area (Å²) >= 11 is 1.90. The van der Waals surface area contributed by atoms with Crippen molar-refractivity contribution in [1.29, 1.82) is 0 Å². The normalized spacial score (nSPS) is 22.8. The van der Waals surface area contributed by atoms with Gasteiger partial charge in [-0.15, -0.1) is 0 Å². The molecule has 0 saturated carbocycles. The lowest BCUT2D eigenvalue weighted by Crippen LogP contribution is -2.39. The SMILES string of the molecule is O=C(O)CN(CC(=O)O)C(=O)CCCC(=O)CCCCC1SCC2NC(=O)CC21. The third kappa shape index (κ3) is 7.68. The summed E-state index contributed by atoms with van der Waals surface area (Å²) in [4.78, 5) is 57.7. The number of unbranched alkanes of at least 4 members (excludes halogenated alkanes) is 1. The number of hydrogen-bond donors (Lipinski definition) is 3. The maximum Gasteiger partial charge on any atom is 0.323 e. The van der Waals surface area contributed by atoms with E-state index in [0.29, 0.717) is 30.1 Å². The van der Waals surface area contributed by atoms with E-state index in [4.69, 9.17) is 10.2 Å². The van der Waals surface area contributed by atoms with Crippen LogP contribution in [0.15, 0.2) is 0 Å². The van der Waals surface area contributed by atoms with Crippen molar-refractivity contribution < 1.29 is 34.2 Å². The van der Waals surface area contributed by atoms with Gasteiger partial charge in [-0.2, -0.15) is 11.8 Å². The third-order valence-corrected chi connectivity index (χ3v) is 6.86. The van der Waals surface area contributed by atoms with Gasteiger partial charge in [-0.1, -0.05) is 6.42 Å². The van der Waals surface area contributed by atoms with Crippen LogP contribution in [0, 0.1) is 5.92 Å². The van der Waals surface area contributed by atoms with Gasteiger partial charge in [0, 0.05) is 48.6 Å². The summed E-state index contributed by atoms with van der Waals surface area (Å²) < 4.78 is 0. The molecule has 0 aromatic heterocycles. The van der Waals surface area contributed by atoms with Gasteiger partial charge >= 0.3 is 11.9 Å². The molecule has 0 spiro atoms. The number of nitrogens with one attached hydrogen (secondary N) is 1. The molecule has 2 amide bonds. The molecule has 162 valence electrons. The number of thioether (sulfide) groups is 1. The number of carboxylic acid groups (broad SMARTS) is 2. The Morgan fingerprint density at radius 2 is 1.66 bits per heavy atom. The quantitative estimate of drug-likeness (QED) is 0.368. The highest BCUT2D eigenvalue weighted by atomic mass is 32.2. The zero-order valence-electron chi connectivity index (χ0n) is 16.3. The molecule has 10 heteroatoms. The van der Waals surface area contributed by atoms with Crippen molar-refractivity contribution in [1.82, 2.24) is 10.2 Å². The Morgan fingerprint density at radius 1 is 1.00 bits per heavy atom. The largest absolute Gasteiger partial charge is 0.480 e. The van der Waals surface area contributed by atoms with Crippen molar-refractivity contribution >= 4 is 41.3 Å². The monoisotopic (exact) mass is 428 g/mol. The number of Topliss-reactive ketones (excluding diaryl/α,β-unsaturated/α-hetero) is 1. The first-order valence-corrected chi connectivity index (χ1v) is 10.9. The standard InChI is InChI=1S/C19H28N2O7S/c22-12(5-3-7-17(24)21(9-18(25)26)10-19(27)28)4-1-2-6-15-13-8-16(23)20-14(13)11-29-15/h13-15H,1-11H2,(H,20,23)(H,25,26)(H,27,28). The van der Waals surface area contributed by atoms with E-state index in [-0.39, 0.29) is 31.0 Å². The Hall–Kier alpha value is -2.10. The van der Waals surface area contributed by atoms with E-state index in [1.54, 1.807) is 0 Å². The van der Waals surface area contributed by atoms with Gasteiger partial charge in [-0.25, -0.2) is 0 Å². The van der Waals surface area contributed by atoms with E-state index in [2.05, 4.69) is 5.32 Å². The van der Waals surface area contributed by atoms with Crippen LogP contribution in [0.5, 0.6) is 0 Å². The zero-order chi connectivity index (χ0) is 21.4. The van der Waals surface area contributed by atoms with E-state index >= 15 is 0 Å².